The number of anilines is 1. The van der Waals surface area contributed by atoms with E-state index >= 15 is 0 Å². The zero-order valence-corrected chi connectivity index (χ0v) is 15.0. The quantitative estimate of drug-likeness (QED) is 0.786. The molecular formula is C20H19NO6. The van der Waals surface area contributed by atoms with Gasteiger partial charge in [-0.25, -0.2) is 0 Å². The van der Waals surface area contributed by atoms with Crippen LogP contribution >= 0.6 is 0 Å². The summed E-state index contributed by atoms with van der Waals surface area (Å²) >= 11 is 0. The van der Waals surface area contributed by atoms with Crippen LogP contribution in [0.1, 0.15) is 21.5 Å². The lowest BCUT2D eigenvalue weighted by Crippen LogP contribution is -2.42. The van der Waals surface area contributed by atoms with Crippen molar-refractivity contribution in [1.82, 2.24) is 0 Å². The van der Waals surface area contributed by atoms with Gasteiger partial charge in [-0.05, 0) is 55.3 Å². The topological polar surface area (TPSA) is 93.1 Å². The van der Waals surface area contributed by atoms with Gasteiger partial charge in [0.1, 0.15) is 18.0 Å². The monoisotopic (exact) mass is 369 g/mol. The predicted octanol–water partition coefficient (Wildman–Crippen LogP) is 2.38. The van der Waals surface area contributed by atoms with Gasteiger partial charge in [-0.2, -0.15) is 0 Å². The molecule has 0 unspecified atom stereocenters. The van der Waals surface area contributed by atoms with E-state index in [0.717, 1.165) is 16.0 Å². The Labute approximate surface area is 156 Å². The number of rotatable bonds is 6. The Morgan fingerprint density at radius 3 is 2.63 bits per heavy atom. The Kier molecular flexibility index (Phi) is 5.12. The number of fused-ring (bicyclic) bond motifs is 1. The number of aryl methyl sites for hydroxylation is 2. The van der Waals surface area contributed by atoms with Crippen LogP contribution in [0.5, 0.6) is 11.5 Å². The van der Waals surface area contributed by atoms with Gasteiger partial charge in [0, 0.05) is 5.56 Å². The molecule has 0 aromatic heterocycles. The summed E-state index contributed by atoms with van der Waals surface area (Å²) in [4.78, 5) is 36.6. The van der Waals surface area contributed by atoms with Crippen molar-refractivity contribution in [1.29, 1.82) is 0 Å². The van der Waals surface area contributed by atoms with E-state index in [-0.39, 0.29) is 24.7 Å². The molecule has 1 heterocycles. The third-order valence-corrected chi connectivity index (χ3v) is 4.37. The number of ether oxygens (including phenoxy) is 2. The van der Waals surface area contributed by atoms with Gasteiger partial charge < -0.3 is 14.6 Å². The highest BCUT2D eigenvalue weighted by Crippen LogP contribution is 2.33. The lowest BCUT2D eigenvalue weighted by molar-refractivity contribution is -0.137. The van der Waals surface area contributed by atoms with E-state index in [1.165, 1.54) is 6.07 Å². The van der Waals surface area contributed by atoms with Gasteiger partial charge in [0.2, 0.25) is 0 Å². The van der Waals surface area contributed by atoms with Crippen LogP contribution in [-0.4, -0.2) is 42.5 Å². The third kappa shape index (κ3) is 4.08. The second kappa shape index (κ2) is 7.49. The minimum Gasteiger partial charge on any atom is -0.485 e. The minimum atomic E-state index is -1.15. The summed E-state index contributed by atoms with van der Waals surface area (Å²) in [6.07, 6.45) is 0. The third-order valence-electron chi connectivity index (χ3n) is 4.37. The van der Waals surface area contributed by atoms with Gasteiger partial charge in [-0.15, -0.1) is 0 Å². The van der Waals surface area contributed by atoms with E-state index in [2.05, 4.69) is 0 Å². The fourth-order valence-electron chi connectivity index (χ4n) is 2.72. The lowest BCUT2D eigenvalue weighted by atomic mass is 10.1. The number of ketones is 1. The van der Waals surface area contributed by atoms with E-state index in [9.17, 15) is 14.4 Å². The largest absolute Gasteiger partial charge is 0.485 e. The molecule has 0 atom stereocenters. The first-order chi connectivity index (χ1) is 12.8. The van der Waals surface area contributed by atoms with E-state index in [4.69, 9.17) is 14.6 Å². The fraction of sp³-hybridized carbons (Fsp3) is 0.250. The Balaban J connectivity index is 1.77. The van der Waals surface area contributed by atoms with Crippen LogP contribution in [0.4, 0.5) is 5.69 Å². The highest BCUT2D eigenvalue weighted by Gasteiger charge is 2.28. The predicted molar refractivity (Wildman–Crippen MR) is 97.7 cm³/mol. The van der Waals surface area contributed by atoms with E-state index in [1.807, 2.05) is 26.0 Å². The number of amides is 1. The first kappa shape index (κ1) is 18.4. The van der Waals surface area contributed by atoms with Crippen LogP contribution in [0, 0.1) is 13.8 Å². The van der Waals surface area contributed by atoms with Crippen LogP contribution in [0.15, 0.2) is 36.4 Å². The second-order valence-electron chi connectivity index (χ2n) is 6.30. The summed E-state index contributed by atoms with van der Waals surface area (Å²) < 4.78 is 10.9. The zero-order chi connectivity index (χ0) is 19.6. The number of aliphatic carboxylic acids is 1. The number of carbonyl (C=O) groups excluding carboxylic acids is 2. The smallest absolute Gasteiger partial charge is 0.323 e. The molecule has 0 aliphatic carbocycles. The fourth-order valence-corrected chi connectivity index (χ4v) is 2.72. The van der Waals surface area contributed by atoms with Crippen molar-refractivity contribution in [2.75, 3.05) is 24.7 Å². The maximum absolute atomic E-state index is 12.5. The zero-order valence-electron chi connectivity index (χ0n) is 15.0. The number of carbonyl (C=O) groups is 3. The highest BCUT2D eigenvalue weighted by molar-refractivity contribution is 6.04. The van der Waals surface area contributed by atoms with Crippen molar-refractivity contribution in [2.24, 2.45) is 0 Å². The van der Waals surface area contributed by atoms with E-state index in [0.29, 0.717) is 17.1 Å². The van der Waals surface area contributed by atoms with Crippen molar-refractivity contribution >= 4 is 23.3 Å². The number of Topliss-reactive ketones (excluding diaryl/α,β-unsaturated/α-hetero) is 1. The molecule has 1 amide bonds. The summed E-state index contributed by atoms with van der Waals surface area (Å²) in [5.74, 6) is -0.950. The first-order valence-corrected chi connectivity index (χ1v) is 8.37. The standard InChI is InChI=1S/C20H19NO6/c1-12-3-5-15(7-13(12)2)26-10-17(22)14-4-6-18-16(8-14)21(9-20(24)25)19(23)11-27-18/h3-8H,9-11H2,1-2H3,(H,24,25). The molecule has 1 aliphatic heterocycles. The number of benzene rings is 2. The molecule has 0 radical (unpaired) electrons. The SMILES string of the molecule is Cc1ccc(OCC(=O)c2ccc3c(c2)N(CC(=O)O)C(=O)CO3)cc1C. The average Bonchev–Trinajstić information content (AvgIpc) is 2.64. The van der Waals surface area contributed by atoms with Crippen LogP contribution in [0.25, 0.3) is 0 Å². The molecule has 1 aliphatic rings. The molecule has 2 aromatic carbocycles. The van der Waals surface area contributed by atoms with Gasteiger partial charge in [-0.3, -0.25) is 19.3 Å². The molecule has 0 saturated heterocycles. The molecule has 1 N–H and O–H groups in total. The minimum absolute atomic E-state index is 0.172. The lowest BCUT2D eigenvalue weighted by Gasteiger charge is -2.28. The Hall–Kier alpha value is -3.35. The van der Waals surface area contributed by atoms with Crippen LogP contribution < -0.4 is 14.4 Å². The molecule has 7 heteroatoms. The van der Waals surface area contributed by atoms with Crippen molar-refractivity contribution in [2.45, 2.75) is 13.8 Å². The van der Waals surface area contributed by atoms with Gasteiger partial charge in [0.25, 0.3) is 5.91 Å². The van der Waals surface area contributed by atoms with Gasteiger partial charge in [0.05, 0.1) is 5.69 Å². The van der Waals surface area contributed by atoms with E-state index in [1.54, 1.807) is 18.2 Å². The van der Waals surface area contributed by atoms with E-state index < -0.39 is 18.4 Å². The molecule has 0 saturated carbocycles. The van der Waals surface area contributed by atoms with Crippen molar-refractivity contribution in [3.05, 3.63) is 53.1 Å². The molecule has 7 nitrogen and oxygen atoms in total. The van der Waals surface area contributed by atoms with Gasteiger partial charge >= 0.3 is 5.97 Å². The molecule has 27 heavy (non-hydrogen) atoms. The number of nitrogens with zero attached hydrogens (tertiary/aromatic N) is 1. The maximum atomic E-state index is 12.5. The number of carboxylic acids is 1. The summed E-state index contributed by atoms with van der Waals surface area (Å²) in [6.45, 7) is 3.05. The average molecular weight is 369 g/mol. The molecular weight excluding hydrogens is 350 g/mol. The van der Waals surface area contributed by atoms with Crippen molar-refractivity contribution in [3.63, 3.8) is 0 Å². The van der Waals surface area contributed by atoms with Crippen LogP contribution in [-0.2, 0) is 9.59 Å². The summed E-state index contributed by atoms with van der Waals surface area (Å²) in [5.41, 5.74) is 2.78. The molecule has 0 spiro atoms. The Morgan fingerprint density at radius 1 is 1.15 bits per heavy atom. The van der Waals surface area contributed by atoms with Crippen molar-refractivity contribution in [3.8, 4) is 11.5 Å². The number of hydrogen-bond donors (Lipinski definition) is 1. The Bertz CT molecular complexity index is 921. The normalized spacial score (nSPS) is 13.0. The maximum Gasteiger partial charge on any atom is 0.323 e. The molecule has 0 fully saturated rings. The number of hydrogen-bond acceptors (Lipinski definition) is 5. The molecule has 140 valence electrons. The summed E-state index contributed by atoms with van der Waals surface area (Å²) in [7, 11) is 0. The molecule has 0 bridgehead atoms. The van der Waals surface area contributed by atoms with Gasteiger partial charge in [-0.1, -0.05) is 6.07 Å². The molecule has 3 rings (SSSR count). The summed E-state index contributed by atoms with van der Waals surface area (Å²) in [5, 5.41) is 9.02. The number of carboxylic acid groups (broad SMARTS) is 1. The van der Waals surface area contributed by atoms with Gasteiger partial charge in [0.15, 0.2) is 19.0 Å². The van der Waals surface area contributed by atoms with Crippen LogP contribution in [0.2, 0.25) is 0 Å². The summed E-state index contributed by atoms with van der Waals surface area (Å²) in [6, 6.07) is 10.2. The highest BCUT2D eigenvalue weighted by atomic mass is 16.5. The van der Waals surface area contributed by atoms with Crippen molar-refractivity contribution < 1.29 is 29.0 Å². The molecule has 2 aromatic rings. The second-order valence-corrected chi connectivity index (χ2v) is 6.30. The Morgan fingerprint density at radius 2 is 1.93 bits per heavy atom. The van der Waals surface area contributed by atoms with Crippen LogP contribution in [0.3, 0.4) is 0 Å². The first-order valence-electron chi connectivity index (χ1n) is 8.37.